The fraction of sp³-hybridized carbons (Fsp3) is 0.811. The monoisotopic (exact) mass is 563 g/mol. The molecule has 4 saturated carbocycles. The van der Waals surface area contributed by atoms with Gasteiger partial charge in [-0.3, -0.25) is 4.79 Å². The summed E-state index contributed by atoms with van der Waals surface area (Å²) in [6, 6.07) is 0. The summed E-state index contributed by atoms with van der Waals surface area (Å²) < 4.78 is 0. The molecule has 0 saturated heterocycles. The number of hydrogen-bond acceptors (Lipinski definition) is 3. The zero-order valence-electron chi connectivity index (χ0n) is 26.8. The molecule has 4 fully saturated rings. The minimum atomic E-state index is -1.01. The molecule has 41 heavy (non-hydrogen) atoms. The van der Waals surface area contributed by atoms with Crippen molar-refractivity contribution in [3.05, 3.63) is 35.5 Å². The molecule has 0 spiro atoms. The van der Waals surface area contributed by atoms with Gasteiger partial charge in [-0.1, -0.05) is 58.9 Å². The number of nitrogens with two attached hydrogens (primary N) is 1. The fourth-order valence-corrected chi connectivity index (χ4v) is 12.9. The lowest BCUT2D eigenvalue weighted by Gasteiger charge is -2.72. The zero-order valence-corrected chi connectivity index (χ0v) is 26.8. The van der Waals surface area contributed by atoms with Crippen LogP contribution in [0.3, 0.4) is 0 Å². The predicted molar refractivity (Wildman–Crippen MR) is 166 cm³/mol. The Kier molecular flexibility index (Phi) is 6.73. The van der Waals surface area contributed by atoms with Gasteiger partial charge in [0.25, 0.3) is 0 Å². The third-order valence-electron chi connectivity index (χ3n) is 15.4. The number of aliphatic hydroxyl groups excluding tert-OH is 1. The van der Waals surface area contributed by atoms with E-state index in [1.54, 1.807) is 0 Å². The molecule has 0 amide bonds. The first-order chi connectivity index (χ1) is 19.1. The Morgan fingerprint density at radius 3 is 2.27 bits per heavy atom. The van der Waals surface area contributed by atoms with Crippen molar-refractivity contribution in [1.29, 1.82) is 0 Å². The van der Waals surface area contributed by atoms with Gasteiger partial charge in [-0.05, 0) is 146 Å². The van der Waals surface area contributed by atoms with Gasteiger partial charge in [0, 0.05) is 5.54 Å². The van der Waals surface area contributed by atoms with Crippen LogP contribution in [0.25, 0.3) is 0 Å². The third-order valence-corrected chi connectivity index (χ3v) is 15.4. The maximum absolute atomic E-state index is 12.0. The smallest absolute Gasteiger partial charge is 0.312 e. The van der Waals surface area contributed by atoms with E-state index in [0.29, 0.717) is 53.3 Å². The van der Waals surface area contributed by atoms with Crippen molar-refractivity contribution in [3.8, 4) is 0 Å². The second kappa shape index (κ2) is 9.31. The molecule has 0 aliphatic heterocycles. The summed E-state index contributed by atoms with van der Waals surface area (Å²) in [4.78, 5) is 12.0. The topological polar surface area (TPSA) is 83.5 Å². The average molecular weight is 564 g/mol. The molecule has 6 aliphatic rings. The van der Waals surface area contributed by atoms with E-state index in [0.717, 1.165) is 12.8 Å². The Hall–Kier alpha value is -1.39. The molecular weight excluding hydrogens is 506 g/mol. The van der Waals surface area contributed by atoms with Gasteiger partial charge in [-0.2, -0.15) is 0 Å². The number of fused-ring (bicyclic) bond motifs is 7. The van der Waals surface area contributed by atoms with Crippen molar-refractivity contribution in [2.75, 3.05) is 6.61 Å². The Balaban J connectivity index is 1.32. The summed E-state index contributed by atoms with van der Waals surface area (Å²) in [7, 11) is 0. The van der Waals surface area contributed by atoms with Gasteiger partial charge in [0.05, 0.1) is 12.0 Å². The van der Waals surface area contributed by atoms with Crippen LogP contribution in [0.15, 0.2) is 35.5 Å². The van der Waals surface area contributed by atoms with E-state index in [2.05, 4.69) is 60.3 Å². The van der Waals surface area contributed by atoms with Crippen LogP contribution in [0.2, 0.25) is 0 Å². The number of carboxylic acids is 1. The summed E-state index contributed by atoms with van der Waals surface area (Å²) in [5, 5.41) is 19.7. The van der Waals surface area contributed by atoms with Crippen molar-refractivity contribution < 1.29 is 15.0 Å². The minimum Gasteiger partial charge on any atom is -0.481 e. The lowest BCUT2D eigenvalue weighted by atomic mass is 9.33. The quantitative estimate of drug-likeness (QED) is 0.302. The van der Waals surface area contributed by atoms with Crippen molar-refractivity contribution in [2.24, 2.45) is 62.4 Å². The standard InChI is InChI=1S/C37H57NO3/c1-23(2)25-12-19-37(38)21-20-34(6)27(30(25)37)8-9-29-33(5)15-13-26(32(3,4)28(33)14-16-35(29,34)7)24-10-17-36(22-39,18-11-24)31(40)41/h10,13,25,27-30,39H,1,8-9,11-12,14-22,38H2,2-7H3,(H,40,41)/t25-,27+,28-,29+,30+,33-,34+,35+,36?,37-/m0/s1. The van der Waals surface area contributed by atoms with E-state index in [1.165, 1.54) is 68.1 Å². The molecule has 6 rings (SSSR count). The van der Waals surface area contributed by atoms with Crippen molar-refractivity contribution in [3.63, 3.8) is 0 Å². The van der Waals surface area contributed by atoms with Crippen molar-refractivity contribution in [1.82, 2.24) is 0 Å². The summed E-state index contributed by atoms with van der Waals surface area (Å²) in [5.74, 6) is 2.33. The Bertz CT molecular complexity index is 1200. The Labute approximate surface area is 249 Å². The number of hydrogen-bond donors (Lipinski definition) is 3. The van der Waals surface area contributed by atoms with E-state index < -0.39 is 11.4 Å². The molecule has 0 aromatic rings. The molecule has 1 unspecified atom stereocenters. The van der Waals surface area contributed by atoms with Gasteiger partial charge in [-0.25, -0.2) is 0 Å². The number of carbonyl (C=O) groups is 1. The van der Waals surface area contributed by atoms with E-state index in [1.807, 2.05) is 0 Å². The molecule has 6 aliphatic carbocycles. The van der Waals surface area contributed by atoms with Crippen LogP contribution in [0.1, 0.15) is 119 Å². The SMILES string of the molecule is C=C(C)[C@@H]1CC[C@]2(N)CC[C@]3(C)[C@H](CC[C@@H]4[C@@]5(C)CC=C(C6=CCC(CO)(C(=O)O)CC6)C(C)(C)[C@@H]5CC[C@]43C)[C@@H]12. The highest BCUT2D eigenvalue weighted by atomic mass is 16.4. The van der Waals surface area contributed by atoms with E-state index in [9.17, 15) is 15.0 Å². The van der Waals surface area contributed by atoms with Crippen LogP contribution in [-0.4, -0.2) is 28.3 Å². The second-order valence-electron chi connectivity index (χ2n) is 17.1. The molecule has 4 N–H and O–H groups in total. The summed E-state index contributed by atoms with van der Waals surface area (Å²) in [6.45, 7) is 19.4. The lowest BCUT2D eigenvalue weighted by molar-refractivity contribution is -0.219. The van der Waals surface area contributed by atoms with Crippen LogP contribution in [0, 0.1) is 56.7 Å². The van der Waals surface area contributed by atoms with E-state index in [-0.39, 0.29) is 23.0 Å². The van der Waals surface area contributed by atoms with Gasteiger partial charge in [-0.15, -0.1) is 0 Å². The molecule has 0 aromatic heterocycles. The van der Waals surface area contributed by atoms with Crippen molar-refractivity contribution >= 4 is 5.97 Å². The first-order valence-corrected chi connectivity index (χ1v) is 16.8. The molecule has 0 bridgehead atoms. The van der Waals surface area contributed by atoms with Crippen LogP contribution in [0.5, 0.6) is 0 Å². The van der Waals surface area contributed by atoms with Gasteiger partial charge < -0.3 is 15.9 Å². The number of aliphatic carboxylic acids is 1. The fourth-order valence-electron chi connectivity index (χ4n) is 12.9. The van der Waals surface area contributed by atoms with Crippen LogP contribution < -0.4 is 5.73 Å². The molecule has 0 heterocycles. The van der Waals surface area contributed by atoms with Crippen LogP contribution in [-0.2, 0) is 4.79 Å². The summed E-state index contributed by atoms with van der Waals surface area (Å²) in [5.41, 5.74) is 11.4. The Morgan fingerprint density at radius 2 is 1.66 bits per heavy atom. The van der Waals surface area contributed by atoms with Gasteiger partial charge >= 0.3 is 5.97 Å². The van der Waals surface area contributed by atoms with E-state index >= 15 is 0 Å². The minimum absolute atomic E-state index is 0.00450. The maximum Gasteiger partial charge on any atom is 0.312 e. The molecule has 0 radical (unpaired) electrons. The van der Waals surface area contributed by atoms with Crippen LogP contribution in [0.4, 0.5) is 0 Å². The van der Waals surface area contributed by atoms with Gasteiger partial charge in [0.2, 0.25) is 0 Å². The van der Waals surface area contributed by atoms with Gasteiger partial charge in [0.1, 0.15) is 0 Å². The molecule has 4 nitrogen and oxygen atoms in total. The predicted octanol–water partition coefficient (Wildman–Crippen LogP) is 8.07. The molecule has 4 heteroatoms. The highest BCUT2D eigenvalue weighted by Crippen LogP contribution is 2.76. The normalized spacial score (nSPS) is 50.4. The highest BCUT2D eigenvalue weighted by molar-refractivity contribution is 5.75. The molecule has 228 valence electrons. The first-order valence-electron chi connectivity index (χ1n) is 16.8. The molecular formula is C37H57NO3. The molecule has 10 atom stereocenters. The number of rotatable bonds is 4. The second-order valence-corrected chi connectivity index (χ2v) is 17.1. The largest absolute Gasteiger partial charge is 0.481 e. The highest BCUT2D eigenvalue weighted by Gasteiger charge is 2.70. The number of aliphatic hydroxyl groups is 1. The average Bonchev–Trinajstić information content (AvgIpc) is 3.27. The maximum atomic E-state index is 12.0. The zero-order chi connectivity index (χ0) is 29.8. The number of allylic oxidation sites excluding steroid dienone is 5. The van der Waals surface area contributed by atoms with Gasteiger partial charge in [0.15, 0.2) is 0 Å². The first kappa shape index (κ1) is 29.7. The van der Waals surface area contributed by atoms with Crippen molar-refractivity contribution in [2.45, 2.75) is 124 Å². The lowest BCUT2D eigenvalue weighted by Crippen LogP contribution is -2.67. The number of carboxylic acid groups (broad SMARTS) is 1. The van der Waals surface area contributed by atoms with E-state index in [4.69, 9.17) is 5.73 Å². The summed E-state index contributed by atoms with van der Waals surface area (Å²) >= 11 is 0. The third kappa shape index (κ3) is 3.81. The van der Waals surface area contributed by atoms with Crippen LogP contribution >= 0.6 is 0 Å². The summed E-state index contributed by atoms with van der Waals surface area (Å²) in [6.07, 6.45) is 17.6. The Morgan fingerprint density at radius 1 is 0.927 bits per heavy atom. The molecule has 0 aromatic carbocycles.